The van der Waals surface area contributed by atoms with Crippen LogP contribution < -0.4 is 16.1 Å². The highest BCUT2D eigenvalue weighted by molar-refractivity contribution is 7.12. The normalized spacial score (nSPS) is 22.0. The van der Waals surface area contributed by atoms with Crippen LogP contribution in [0.5, 0.6) is 0 Å². The number of hydrogen-bond donors (Lipinski definition) is 3. The molecule has 3 aromatic heterocycles. The number of rotatable bonds is 5. The number of likely N-dealkylation sites (N-methyl/N-ethyl adjacent to an activating group) is 1. The lowest BCUT2D eigenvalue weighted by molar-refractivity contribution is 0.0504. The second-order valence-electron chi connectivity index (χ2n) is 6.51. The molecular weight excluding hydrogens is 382 g/mol. The third-order valence-electron chi connectivity index (χ3n) is 5.18. The average Bonchev–Trinajstić information content (AvgIpc) is 3.37. The predicted octanol–water partition coefficient (Wildman–Crippen LogP) is 0.573. The maximum atomic E-state index is 12.7. The van der Waals surface area contributed by atoms with E-state index >= 15 is 0 Å². The molecule has 4 heterocycles. The van der Waals surface area contributed by atoms with Gasteiger partial charge in [0.1, 0.15) is 11.1 Å². The number of hydrogen-bond acceptors (Lipinski definition) is 8. The Hall–Kier alpha value is -2.66. The van der Waals surface area contributed by atoms with Crippen LogP contribution in [0.25, 0.3) is 16.2 Å². The topological polar surface area (TPSA) is 118 Å². The molecule has 1 aliphatic heterocycles. The maximum absolute atomic E-state index is 12.7. The minimum absolute atomic E-state index is 0.152. The van der Waals surface area contributed by atoms with Gasteiger partial charge in [-0.2, -0.15) is 0 Å². The first-order valence-corrected chi connectivity index (χ1v) is 9.52. The summed E-state index contributed by atoms with van der Waals surface area (Å²) in [6.07, 6.45) is 2.75. The number of carbonyl (C=O) groups is 1. The van der Waals surface area contributed by atoms with Crippen LogP contribution in [0, 0.1) is 0 Å². The summed E-state index contributed by atoms with van der Waals surface area (Å²) in [5, 5.41) is 18.6. The van der Waals surface area contributed by atoms with E-state index in [2.05, 4.69) is 15.6 Å². The molecule has 1 fully saturated rings. The molecule has 0 saturated carbocycles. The highest BCUT2D eigenvalue weighted by atomic mass is 32.1. The first-order chi connectivity index (χ1) is 13.5. The van der Waals surface area contributed by atoms with Crippen molar-refractivity contribution in [3.8, 4) is 5.13 Å². The molecule has 146 valence electrons. The number of nitrogens with one attached hydrogen (secondary N) is 2. The molecule has 1 saturated heterocycles. The van der Waals surface area contributed by atoms with Gasteiger partial charge in [-0.3, -0.25) is 9.36 Å². The molecule has 0 radical (unpaired) electrons. The fourth-order valence-corrected chi connectivity index (χ4v) is 4.31. The fourth-order valence-electron chi connectivity index (χ4n) is 3.69. The van der Waals surface area contributed by atoms with Crippen LogP contribution in [0.2, 0.25) is 0 Å². The van der Waals surface area contributed by atoms with Crippen LogP contribution in [0.4, 0.5) is 0 Å². The Bertz CT molecular complexity index is 1100. The summed E-state index contributed by atoms with van der Waals surface area (Å²) in [5.41, 5.74) is -0.400. The largest absolute Gasteiger partial charge is 0.477 e. The predicted molar refractivity (Wildman–Crippen MR) is 104 cm³/mol. The van der Waals surface area contributed by atoms with E-state index in [1.165, 1.54) is 17.5 Å². The number of nitrogens with zero attached hydrogens (tertiary/aromatic N) is 3. The van der Waals surface area contributed by atoms with E-state index in [0.717, 1.165) is 0 Å². The maximum Gasteiger partial charge on any atom is 0.341 e. The zero-order chi connectivity index (χ0) is 19.9. The Balaban J connectivity index is 2.02. The number of carboxylic acids is 1. The summed E-state index contributed by atoms with van der Waals surface area (Å²) in [6.45, 7) is 1.27. The number of ether oxygens (including phenoxy) is 1. The van der Waals surface area contributed by atoms with Crippen LogP contribution in [0.3, 0.4) is 0 Å². The standard InChI is InChI=1S/C18H19N5O4S/c1-19-18(9-20-7-13(18)27-2)12-4-3-10-14(24)11(16(25)26)8-23(15(10)22-12)17-21-5-6-28-17/h3-6,8,13,19-20H,7,9H2,1-2H3,(H,25,26)/t13-,18-/m0/s1. The summed E-state index contributed by atoms with van der Waals surface area (Å²) in [4.78, 5) is 33.3. The monoisotopic (exact) mass is 401 g/mol. The Morgan fingerprint density at radius 1 is 1.50 bits per heavy atom. The average molecular weight is 401 g/mol. The number of pyridine rings is 2. The molecule has 0 unspecified atom stereocenters. The summed E-state index contributed by atoms with van der Waals surface area (Å²) in [6, 6.07) is 3.37. The Labute approximate surface area is 164 Å². The van der Waals surface area contributed by atoms with Crippen molar-refractivity contribution >= 4 is 28.3 Å². The number of thiazole rings is 1. The van der Waals surface area contributed by atoms with Crippen molar-refractivity contribution in [2.75, 3.05) is 27.2 Å². The number of fused-ring (bicyclic) bond motifs is 1. The molecule has 0 spiro atoms. The molecule has 4 rings (SSSR count). The van der Waals surface area contributed by atoms with Gasteiger partial charge in [0.25, 0.3) is 0 Å². The first-order valence-electron chi connectivity index (χ1n) is 8.64. The lowest BCUT2D eigenvalue weighted by Crippen LogP contribution is -2.51. The van der Waals surface area contributed by atoms with Crippen LogP contribution in [0.1, 0.15) is 16.1 Å². The highest BCUT2D eigenvalue weighted by Gasteiger charge is 2.45. The van der Waals surface area contributed by atoms with E-state index in [1.807, 2.05) is 7.05 Å². The summed E-state index contributed by atoms with van der Waals surface area (Å²) in [7, 11) is 3.49. The Morgan fingerprint density at radius 3 is 2.96 bits per heavy atom. The fraction of sp³-hybridized carbons (Fsp3) is 0.333. The van der Waals surface area contributed by atoms with E-state index in [-0.39, 0.29) is 17.1 Å². The third kappa shape index (κ3) is 2.73. The van der Waals surface area contributed by atoms with Crippen LogP contribution >= 0.6 is 11.3 Å². The second kappa shape index (κ2) is 7.06. The molecule has 0 aliphatic carbocycles. The van der Waals surface area contributed by atoms with Crippen LogP contribution in [0.15, 0.2) is 34.7 Å². The zero-order valence-electron chi connectivity index (χ0n) is 15.3. The quantitative estimate of drug-likeness (QED) is 0.568. The van der Waals surface area contributed by atoms with Crippen LogP contribution in [-0.4, -0.2) is 59.0 Å². The minimum atomic E-state index is -1.28. The Kier molecular flexibility index (Phi) is 4.71. The van der Waals surface area contributed by atoms with Gasteiger partial charge in [0.15, 0.2) is 10.8 Å². The Morgan fingerprint density at radius 2 is 2.32 bits per heavy atom. The number of methoxy groups -OCH3 is 1. The molecule has 3 N–H and O–H groups in total. The summed E-state index contributed by atoms with van der Waals surface area (Å²) < 4.78 is 7.20. The molecule has 28 heavy (non-hydrogen) atoms. The van der Waals surface area contributed by atoms with E-state index in [4.69, 9.17) is 9.72 Å². The molecule has 0 bridgehead atoms. The molecule has 0 aromatic carbocycles. The lowest BCUT2D eigenvalue weighted by Gasteiger charge is -2.33. The molecule has 1 aliphatic rings. The second-order valence-corrected chi connectivity index (χ2v) is 7.38. The number of aromatic carboxylic acids is 1. The van der Waals surface area contributed by atoms with Crippen molar-refractivity contribution in [2.45, 2.75) is 11.6 Å². The van der Waals surface area contributed by atoms with Gasteiger partial charge in [-0.05, 0) is 19.2 Å². The number of carboxylic acid groups (broad SMARTS) is 1. The minimum Gasteiger partial charge on any atom is -0.477 e. The highest BCUT2D eigenvalue weighted by Crippen LogP contribution is 2.30. The van der Waals surface area contributed by atoms with E-state index in [1.54, 1.807) is 35.4 Å². The van der Waals surface area contributed by atoms with E-state index < -0.39 is 16.9 Å². The van der Waals surface area contributed by atoms with Gasteiger partial charge in [-0.1, -0.05) is 0 Å². The summed E-state index contributed by atoms with van der Waals surface area (Å²) >= 11 is 1.33. The van der Waals surface area contributed by atoms with Gasteiger partial charge < -0.3 is 20.5 Å². The van der Waals surface area contributed by atoms with Crippen molar-refractivity contribution in [1.82, 2.24) is 25.2 Å². The van der Waals surface area contributed by atoms with Gasteiger partial charge >= 0.3 is 5.97 Å². The molecule has 10 heteroatoms. The lowest BCUT2D eigenvalue weighted by atomic mass is 9.90. The van der Waals surface area contributed by atoms with Crippen molar-refractivity contribution in [3.05, 3.63) is 51.4 Å². The van der Waals surface area contributed by atoms with Crippen molar-refractivity contribution < 1.29 is 14.6 Å². The third-order valence-corrected chi connectivity index (χ3v) is 5.95. The molecule has 0 amide bonds. The van der Waals surface area contributed by atoms with E-state index in [9.17, 15) is 14.7 Å². The van der Waals surface area contributed by atoms with E-state index in [0.29, 0.717) is 29.6 Å². The van der Waals surface area contributed by atoms with Crippen LogP contribution in [-0.2, 0) is 10.3 Å². The zero-order valence-corrected chi connectivity index (χ0v) is 16.1. The van der Waals surface area contributed by atoms with Gasteiger partial charge in [0.05, 0.1) is 17.2 Å². The van der Waals surface area contributed by atoms with Crippen molar-refractivity contribution in [1.29, 1.82) is 0 Å². The molecule has 2 atom stereocenters. The summed E-state index contributed by atoms with van der Waals surface area (Å²) in [5.74, 6) is -1.28. The first kappa shape index (κ1) is 18.7. The molecular formula is C18H19N5O4S. The molecule has 9 nitrogen and oxygen atoms in total. The SMILES string of the molecule is CN[C@]1(c2ccc3c(=O)c(C(=O)O)cn(-c4nccs4)c3n2)CNC[C@@H]1OC. The van der Waals surface area contributed by atoms with Crippen molar-refractivity contribution in [3.63, 3.8) is 0 Å². The van der Waals surface area contributed by atoms with Gasteiger partial charge in [0.2, 0.25) is 5.43 Å². The molecule has 3 aromatic rings. The van der Waals surface area contributed by atoms with Gasteiger partial charge in [0, 0.05) is 38.0 Å². The smallest absolute Gasteiger partial charge is 0.341 e. The number of aromatic nitrogens is 3. The van der Waals surface area contributed by atoms with Gasteiger partial charge in [-0.25, -0.2) is 14.8 Å². The van der Waals surface area contributed by atoms with Crippen molar-refractivity contribution in [2.24, 2.45) is 0 Å². The van der Waals surface area contributed by atoms with Gasteiger partial charge in [-0.15, -0.1) is 11.3 Å².